The Bertz CT molecular complexity index is 1690. The van der Waals surface area contributed by atoms with Crippen LogP contribution >= 0.6 is 0 Å². The van der Waals surface area contributed by atoms with Gasteiger partial charge in [0, 0.05) is 23.2 Å². The number of anilines is 1. The third-order valence-electron chi connectivity index (χ3n) is 8.06. The summed E-state index contributed by atoms with van der Waals surface area (Å²) in [6.45, 7) is 0.525. The molecule has 1 aliphatic heterocycles. The lowest BCUT2D eigenvalue weighted by atomic mass is 9.71. The average molecular weight is 508 g/mol. The van der Waals surface area contributed by atoms with Gasteiger partial charge in [-0.25, -0.2) is 0 Å². The van der Waals surface area contributed by atoms with Crippen molar-refractivity contribution in [3.8, 4) is 5.75 Å². The number of fused-ring (bicyclic) bond motifs is 4. The first-order valence-electron chi connectivity index (χ1n) is 13.6. The number of carbonyl (C=O) groups excluding carboxylic acids is 1. The number of benzene rings is 5. The fourth-order valence-corrected chi connectivity index (χ4v) is 6.16. The smallest absolute Gasteiger partial charge is 0.162 e. The van der Waals surface area contributed by atoms with Crippen LogP contribution in [0.1, 0.15) is 47.1 Å². The predicted octanol–water partition coefficient (Wildman–Crippen LogP) is 8.49. The van der Waals surface area contributed by atoms with Crippen LogP contribution < -0.4 is 10.1 Å². The maximum atomic E-state index is 13.9. The van der Waals surface area contributed by atoms with Gasteiger partial charge in [0.2, 0.25) is 0 Å². The monoisotopic (exact) mass is 507 g/mol. The molecule has 1 heterocycles. The Labute approximate surface area is 228 Å². The summed E-state index contributed by atoms with van der Waals surface area (Å²) in [6, 6.07) is 41.5. The van der Waals surface area contributed by atoms with Gasteiger partial charge < -0.3 is 10.1 Å². The van der Waals surface area contributed by atoms with Gasteiger partial charge in [-0.1, -0.05) is 103 Å². The van der Waals surface area contributed by atoms with Gasteiger partial charge >= 0.3 is 0 Å². The maximum Gasteiger partial charge on any atom is 0.162 e. The molecule has 0 amide bonds. The highest BCUT2D eigenvalue weighted by Gasteiger charge is 2.38. The molecular weight excluding hydrogens is 478 g/mol. The van der Waals surface area contributed by atoms with E-state index in [0.29, 0.717) is 13.0 Å². The van der Waals surface area contributed by atoms with Crippen LogP contribution in [0, 0.1) is 0 Å². The van der Waals surface area contributed by atoms with E-state index in [1.807, 2.05) is 36.4 Å². The highest BCUT2D eigenvalue weighted by molar-refractivity contribution is 6.13. The van der Waals surface area contributed by atoms with Crippen molar-refractivity contribution >= 4 is 27.8 Å². The van der Waals surface area contributed by atoms with Gasteiger partial charge in [-0.3, -0.25) is 4.79 Å². The Morgan fingerprint density at radius 3 is 2.21 bits per heavy atom. The summed E-state index contributed by atoms with van der Waals surface area (Å²) in [5, 5.41) is 6.13. The molecule has 2 atom stereocenters. The van der Waals surface area contributed by atoms with Crippen molar-refractivity contribution in [2.24, 2.45) is 0 Å². The molecule has 2 aliphatic rings. The van der Waals surface area contributed by atoms with Gasteiger partial charge in [-0.05, 0) is 63.6 Å². The van der Waals surface area contributed by atoms with E-state index in [4.69, 9.17) is 4.74 Å². The highest BCUT2D eigenvalue weighted by Crippen LogP contribution is 2.51. The molecule has 0 bridgehead atoms. The van der Waals surface area contributed by atoms with E-state index < -0.39 is 0 Å². The molecule has 7 rings (SSSR count). The van der Waals surface area contributed by atoms with Crippen LogP contribution in [0.2, 0.25) is 0 Å². The average Bonchev–Trinajstić information content (AvgIpc) is 3.00. The topological polar surface area (TPSA) is 38.3 Å². The molecule has 0 spiro atoms. The van der Waals surface area contributed by atoms with Gasteiger partial charge in [0.1, 0.15) is 12.4 Å². The van der Waals surface area contributed by atoms with Gasteiger partial charge in [-0.15, -0.1) is 0 Å². The summed E-state index contributed by atoms with van der Waals surface area (Å²) in [4.78, 5) is 13.9. The minimum absolute atomic E-state index is 0.178. The number of hydrogen-bond acceptors (Lipinski definition) is 3. The van der Waals surface area contributed by atoms with E-state index in [2.05, 4.69) is 90.2 Å². The van der Waals surface area contributed by atoms with Crippen molar-refractivity contribution in [2.45, 2.75) is 31.4 Å². The lowest BCUT2D eigenvalue weighted by Gasteiger charge is -2.37. The molecular formula is C36H29NO2. The maximum absolute atomic E-state index is 13.9. The lowest BCUT2D eigenvalue weighted by Crippen LogP contribution is -2.29. The SMILES string of the molecule is O=C1C[C@@H](c2ccccc2)CC2=C1[C@@H](c1ccc(OCc3ccccc3)cc1)Nc1ccc3ccccc3c12. The Balaban J connectivity index is 1.28. The number of carbonyl (C=O) groups is 1. The number of hydrogen-bond donors (Lipinski definition) is 1. The number of nitrogens with one attached hydrogen (secondary N) is 1. The first-order chi connectivity index (χ1) is 19.2. The van der Waals surface area contributed by atoms with Crippen LogP contribution in [0.5, 0.6) is 5.75 Å². The van der Waals surface area contributed by atoms with E-state index in [1.54, 1.807) is 0 Å². The fourth-order valence-electron chi connectivity index (χ4n) is 6.16. The Kier molecular flexibility index (Phi) is 5.97. The minimum Gasteiger partial charge on any atom is -0.489 e. The summed E-state index contributed by atoms with van der Waals surface area (Å²) in [7, 11) is 0. The van der Waals surface area contributed by atoms with Crippen molar-refractivity contribution in [1.29, 1.82) is 0 Å². The second-order valence-electron chi connectivity index (χ2n) is 10.5. The number of rotatable bonds is 5. The predicted molar refractivity (Wildman–Crippen MR) is 158 cm³/mol. The van der Waals surface area contributed by atoms with Crippen LogP contribution in [0.4, 0.5) is 5.69 Å². The molecule has 190 valence electrons. The van der Waals surface area contributed by atoms with E-state index in [0.717, 1.165) is 34.6 Å². The van der Waals surface area contributed by atoms with Crippen LogP contribution in [0.25, 0.3) is 16.3 Å². The molecule has 5 aromatic carbocycles. The van der Waals surface area contributed by atoms with Crippen molar-refractivity contribution < 1.29 is 9.53 Å². The van der Waals surface area contributed by atoms with Crippen LogP contribution in [0.3, 0.4) is 0 Å². The van der Waals surface area contributed by atoms with Crippen LogP contribution in [-0.4, -0.2) is 5.78 Å². The summed E-state index contributed by atoms with van der Waals surface area (Å²) < 4.78 is 6.03. The Morgan fingerprint density at radius 1 is 0.692 bits per heavy atom. The summed E-state index contributed by atoms with van der Waals surface area (Å²) in [5.41, 5.74) is 7.78. The number of allylic oxidation sites excluding steroid dienone is 1. The normalized spacial score (nSPS) is 18.3. The number of ether oxygens (including phenoxy) is 1. The summed E-state index contributed by atoms with van der Waals surface area (Å²) >= 11 is 0. The molecule has 3 nitrogen and oxygen atoms in total. The van der Waals surface area contributed by atoms with Crippen molar-refractivity contribution in [3.63, 3.8) is 0 Å². The van der Waals surface area contributed by atoms with Gasteiger partial charge in [0.15, 0.2) is 5.78 Å². The van der Waals surface area contributed by atoms with E-state index in [-0.39, 0.29) is 17.7 Å². The molecule has 39 heavy (non-hydrogen) atoms. The highest BCUT2D eigenvalue weighted by atomic mass is 16.5. The van der Waals surface area contributed by atoms with E-state index >= 15 is 0 Å². The van der Waals surface area contributed by atoms with Crippen LogP contribution in [-0.2, 0) is 11.4 Å². The zero-order valence-electron chi connectivity index (χ0n) is 21.6. The molecule has 0 saturated heterocycles. The number of ketones is 1. The molecule has 3 heteroatoms. The van der Waals surface area contributed by atoms with Crippen molar-refractivity contribution in [1.82, 2.24) is 0 Å². The molecule has 1 aliphatic carbocycles. The quantitative estimate of drug-likeness (QED) is 0.259. The molecule has 0 radical (unpaired) electrons. The first kappa shape index (κ1) is 23.5. The molecule has 0 saturated carbocycles. The summed E-state index contributed by atoms with van der Waals surface area (Å²) in [5.74, 6) is 1.22. The first-order valence-corrected chi connectivity index (χ1v) is 13.6. The second-order valence-corrected chi connectivity index (χ2v) is 10.5. The minimum atomic E-state index is -0.193. The number of Topliss-reactive ketones (excluding diaryl/α,β-unsaturated/α-hetero) is 1. The molecule has 0 aromatic heterocycles. The van der Waals surface area contributed by atoms with Gasteiger partial charge in [0.25, 0.3) is 0 Å². The Hall–Kier alpha value is -4.63. The standard InChI is InChI=1S/C36H29NO2/c38-33-22-28(25-11-5-2-6-12-25)21-31-34-30-14-8-7-13-26(30)17-20-32(34)37-36(35(31)33)27-15-18-29(19-16-27)39-23-24-9-3-1-4-10-24/h1-20,28,36-37H,21-23H2/t28-,36+/m0/s1. The molecule has 5 aromatic rings. The molecule has 0 unspecified atom stereocenters. The zero-order valence-corrected chi connectivity index (χ0v) is 21.6. The third-order valence-corrected chi connectivity index (χ3v) is 8.06. The van der Waals surface area contributed by atoms with Gasteiger partial charge in [-0.2, -0.15) is 0 Å². The zero-order chi connectivity index (χ0) is 26.2. The van der Waals surface area contributed by atoms with Gasteiger partial charge in [0.05, 0.1) is 6.04 Å². The Morgan fingerprint density at radius 2 is 1.41 bits per heavy atom. The van der Waals surface area contributed by atoms with E-state index in [1.165, 1.54) is 27.5 Å². The second kappa shape index (κ2) is 9.92. The summed E-state index contributed by atoms with van der Waals surface area (Å²) in [6.07, 6.45) is 1.38. The fraction of sp³-hybridized carbons (Fsp3) is 0.139. The molecule has 1 N–H and O–H groups in total. The van der Waals surface area contributed by atoms with Crippen molar-refractivity contribution in [3.05, 3.63) is 149 Å². The van der Waals surface area contributed by atoms with E-state index in [9.17, 15) is 4.79 Å². The lowest BCUT2D eigenvalue weighted by molar-refractivity contribution is -0.116. The van der Waals surface area contributed by atoms with Crippen LogP contribution in [0.15, 0.2) is 127 Å². The molecule has 0 fully saturated rings. The third kappa shape index (κ3) is 4.40. The largest absolute Gasteiger partial charge is 0.489 e. The van der Waals surface area contributed by atoms with Crippen molar-refractivity contribution in [2.75, 3.05) is 5.32 Å².